The highest BCUT2D eigenvalue weighted by Crippen LogP contribution is 2.31. The third-order valence-corrected chi connectivity index (χ3v) is 4.05. The summed E-state index contributed by atoms with van der Waals surface area (Å²) in [6.45, 7) is -1.13. The monoisotopic (exact) mass is 341 g/mol. The van der Waals surface area contributed by atoms with E-state index in [4.69, 9.17) is 23.2 Å². The minimum Gasteiger partial charge on any atom is -0.299 e. The van der Waals surface area contributed by atoms with Crippen molar-refractivity contribution in [2.75, 3.05) is 0 Å². The van der Waals surface area contributed by atoms with Gasteiger partial charge in [-0.05, 0) is 17.7 Å². The number of hydrogen-bond donors (Lipinski definition) is 0. The predicted octanol–water partition coefficient (Wildman–Crippen LogP) is 4.44. The van der Waals surface area contributed by atoms with Crippen LogP contribution in [0.3, 0.4) is 0 Å². The molecule has 20 heavy (non-hydrogen) atoms. The Morgan fingerprint density at radius 2 is 1.85 bits per heavy atom. The lowest BCUT2D eigenvalue weighted by atomic mass is 10.2. The van der Waals surface area contributed by atoms with Crippen molar-refractivity contribution in [3.05, 3.63) is 40.1 Å². The number of alkyl halides is 3. The van der Waals surface area contributed by atoms with Gasteiger partial charge >= 0.3 is 6.18 Å². The van der Waals surface area contributed by atoms with Crippen LogP contribution in [0.4, 0.5) is 13.2 Å². The molecule has 3 nitrogen and oxygen atoms in total. The Morgan fingerprint density at radius 1 is 1.20 bits per heavy atom. The topological polar surface area (TPSA) is 30.7 Å². The molecule has 0 unspecified atom stereocenters. The second-order valence-corrected chi connectivity index (χ2v) is 5.60. The Morgan fingerprint density at radius 3 is 2.45 bits per heavy atom. The average Bonchev–Trinajstić information content (AvgIpc) is 2.73. The van der Waals surface area contributed by atoms with Crippen molar-refractivity contribution in [1.29, 1.82) is 0 Å². The highest BCUT2D eigenvalue weighted by molar-refractivity contribution is 7.98. The standard InChI is InChI=1S/C11H8Cl2F3N3S/c12-8-2-1-3-9(13)7(8)4-20-10-18-17-6-19(10)5-11(14,15)16/h1-3,6H,4-5H2. The Labute approximate surface area is 127 Å². The molecular weight excluding hydrogens is 334 g/mol. The number of thioether (sulfide) groups is 1. The van der Waals surface area contributed by atoms with Gasteiger partial charge < -0.3 is 0 Å². The highest BCUT2D eigenvalue weighted by atomic mass is 35.5. The van der Waals surface area contributed by atoms with E-state index in [1.807, 2.05) is 0 Å². The summed E-state index contributed by atoms with van der Waals surface area (Å²) in [5, 5.41) is 8.25. The summed E-state index contributed by atoms with van der Waals surface area (Å²) in [7, 11) is 0. The van der Waals surface area contributed by atoms with Gasteiger partial charge in [-0.3, -0.25) is 4.57 Å². The molecule has 0 spiro atoms. The van der Waals surface area contributed by atoms with E-state index in [1.165, 1.54) is 0 Å². The van der Waals surface area contributed by atoms with Crippen LogP contribution in [0, 0.1) is 0 Å². The fourth-order valence-electron chi connectivity index (χ4n) is 1.46. The maximum Gasteiger partial charge on any atom is 0.406 e. The molecule has 0 bridgehead atoms. The molecule has 0 amide bonds. The smallest absolute Gasteiger partial charge is 0.299 e. The lowest BCUT2D eigenvalue weighted by molar-refractivity contribution is -0.142. The van der Waals surface area contributed by atoms with E-state index in [-0.39, 0.29) is 5.16 Å². The normalized spacial score (nSPS) is 11.8. The SMILES string of the molecule is FC(F)(F)Cn1cnnc1SCc1c(Cl)cccc1Cl. The highest BCUT2D eigenvalue weighted by Gasteiger charge is 2.29. The van der Waals surface area contributed by atoms with Gasteiger partial charge in [0.25, 0.3) is 0 Å². The fourth-order valence-corrected chi connectivity index (χ4v) is 3.12. The first-order valence-electron chi connectivity index (χ1n) is 5.37. The molecule has 0 aliphatic carbocycles. The molecular formula is C11H8Cl2F3N3S. The van der Waals surface area contributed by atoms with E-state index in [2.05, 4.69) is 10.2 Å². The molecule has 0 fully saturated rings. The number of aromatic nitrogens is 3. The van der Waals surface area contributed by atoms with Crippen molar-refractivity contribution in [1.82, 2.24) is 14.8 Å². The molecule has 2 rings (SSSR count). The van der Waals surface area contributed by atoms with Crippen molar-refractivity contribution < 1.29 is 13.2 Å². The van der Waals surface area contributed by atoms with Crippen LogP contribution < -0.4 is 0 Å². The first kappa shape index (κ1) is 15.5. The van der Waals surface area contributed by atoms with Gasteiger partial charge in [-0.25, -0.2) is 0 Å². The largest absolute Gasteiger partial charge is 0.406 e. The molecule has 0 N–H and O–H groups in total. The van der Waals surface area contributed by atoms with Crippen LogP contribution in [0.5, 0.6) is 0 Å². The zero-order valence-electron chi connectivity index (χ0n) is 9.86. The number of benzene rings is 1. The summed E-state index contributed by atoms with van der Waals surface area (Å²) in [4.78, 5) is 0. The lowest BCUT2D eigenvalue weighted by Gasteiger charge is -2.10. The van der Waals surface area contributed by atoms with E-state index in [0.717, 1.165) is 22.7 Å². The maximum atomic E-state index is 12.4. The first-order valence-corrected chi connectivity index (χ1v) is 7.11. The van der Waals surface area contributed by atoms with Crippen molar-refractivity contribution >= 4 is 35.0 Å². The summed E-state index contributed by atoms with van der Waals surface area (Å²) >= 11 is 13.1. The summed E-state index contributed by atoms with van der Waals surface area (Å²) in [5.74, 6) is 0.315. The van der Waals surface area contributed by atoms with Gasteiger partial charge in [0.2, 0.25) is 0 Å². The third-order valence-electron chi connectivity index (χ3n) is 2.34. The fraction of sp³-hybridized carbons (Fsp3) is 0.273. The van der Waals surface area contributed by atoms with Gasteiger partial charge in [-0.2, -0.15) is 13.2 Å². The Kier molecular flexibility index (Phi) is 4.82. The number of hydrogen-bond acceptors (Lipinski definition) is 3. The summed E-state index contributed by atoms with van der Waals surface area (Å²) in [5.41, 5.74) is 0.655. The second-order valence-electron chi connectivity index (χ2n) is 3.85. The van der Waals surface area contributed by atoms with Crippen molar-refractivity contribution in [2.24, 2.45) is 0 Å². The Bertz CT molecular complexity index is 581. The van der Waals surface area contributed by atoms with Crippen LogP contribution >= 0.6 is 35.0 Å². The van der Waals surface area contributed by atoms with Crippen LogP contribution in [-0.4, -0.2) is 20.9 Å². The van der Waals surface area contributed by atoms with E-state index in [9.17, 15) is 13.2 Å². The molecule has 0 atom stereocenters. The van der Waals surface area contributed by atoms with Crippen LogP contribution in [-0.2, 0) is 12.3 Å². The maximum absolute atomic E-state index is 12.4. The lowest BCUT2D eigenvalue weighted by Crippen LogP contribution is -2.17. The van der Waals surface area contributed by atoms with Gasteiger partial charge in [0, 0.05) is 15.8 Å². The molecule has 108 valence electrons. The quantitative estimate of drug-likeness (QED) is 0.770. The molecule has 1 aromatic carbocycles. The third kappa shape index (κ3) is 4.04. The number of rotatable bonds is 4. The molecule has 0 radical (unpaired) electrons. The van der Waals surface area contributed by atoms with Crippen molar-refractivity contribution in [3.8, 4) is 0 Å². The van der Waals surface area contributed by atoms with E-state index in [0.29, 0.717) is 21.4 Å². The van der Waals surface area contributed by atoms with Crippen molar-refractivity contribution in [2.45, 2.75) is 23.6 Å². The minimum atomic E-state index is -4.32. The van der Waals surface area contributed by atoms with E-state index in [1.54, 1.807) is 18.2 Å². The number of nitrogens with zero attached hydrogens (tertiary/aromatic N) is 3. The summed E-state index contributed by atoms with van der Waals surface area (Å²) in [6.07, 6.45) is -3.27. The zero-order valence-corrected chi connectivity index (χ0v) is 12.2. The van der Waals surface area contributed by atoms with E-state index >= 15 is 0 Å². The Balaban J connectivity index is 2.10. The molecule has 2 aromatic rings. The van der Waals surface area contributed by atoms with Crippen molar-refractivity contribution in [3.63, 3.8) is 0 Å². The van der Waals surface area contributed by atoms with Crippen LogP contribution in [0.1, 0.15) is 5.56 Å². The number of halogens is 5. The summed E-state index contributed by atoms with van der Waals surface area (Å²) < 4.78 is 38.0. The van der Waals surface area contributed by atoms with Gasteiger partial charge in [-0.1, -0.05) is 41.0 Å². The predicted molar refractivity (Wildman–Crippen MR) is 72.1 cm³/mol. The minimum absolute atomic E-state index is 0.165. The Hall–Kier alpha value is -0.920. The summed E-state index contributed by atoms with van der Waals surface area (Å²) in [6, 6.07) is 5.04. The van der Waals surface area contributed by atoms with Crippen LogP contribution in [0.15, 0.2) is 29.7 Å². The second kappa shape index (κ2) is 6.24. The first-order chi connectivity index (χ1) is 9.37. The van der Waals surface area contributed by atoms with Crippen LogP contribution in [0.25, 0.3) is 0 Å². The average molecular weight is 342 g/mol. The van der Waals surface area contributed by atoms with Gasteiger partial charge in [0.15, 0.2) is 5.16 Å². The molecule has 1 aromatic heterocycles. The van der Waals surface area contributed by atoms with Crippen LogP contribution in [0.2, 0.25) is 10.0 Å². The van der Waals surface area contributed by atoms with Gasteiger partial charge in [0.1, 0.15) is 12.9 Å². The molecule has 9 heteroatoms. The molecule has 1 heterocycles. The molecule has 0 aliphatic heterocycles. The molecule has 0 saturated carbocycles. The van der Waals surface area contributed by atoms with Gasteiger partial charge in [0.05, 0.1) is 0 Å². The van der Waals surface area contributed by atoms with E-state index < -0.39 is 12.7 Å². The molecule has 0 aliphatic rings. The molecule has 0 saturated heterocycles. The van der Waals surface area contributed by atoms with Gasteiger partial charge in [-0.15, -0.1) is 10.2 Å². The zero-order chi connectivity index (χ0) is 14.8.